The fraction of sp³-hybridized carbons (Fsp3) is 0.474. The molecule has 6 heteroatoms. The second kappa shape index (κ2) is 8.15. The molecule has 1 aromatic heterocycles. The standard InChI is InChI=1S/C19H23BrN2O3/c1-3-24-19(23)14-7-9-22(10-8-14)12-17-13(2)25-18(21-17)15-5-4-6-16(20)11-15/h4-6,11,14H,3,7-10,12H2,1-2H3. The lowest BCUT2D eigenvalue weighted by Crippen LogP contribution is -2.36. The van der Waals surface area contributed by atoms with Crippen molar-refractivity contribution in [3.05, 3.63) is 40.2 Å². The van der Waals surface area contributed by atoms with Crippen LogP contribution in [-0.4, -0.2) is 35.5 Å². The van der Waals surface area contributed by atoms with E-state index in [1.807, 2.05) is 38.1 Å². The lowest BCUT2D eigenvalue weighted by molar-refractivity contribution is -0.149. The fourth-order valence-corrected chi connectivity index (χ4v) is 3.52. The Morgan fingerprint density at radius 2 is 2.16 bits per heavy atom. The van der Waals surface area contributed by atoms with Gasteiger partial charge in [0.15, 0.2) is 0 Å². The molecule has 0 aliphatic carbocycles. The lowest BCUT2D eigenvalue weighted by atomic mass is 9.97. The number of carbonyl (C=O) groups excluding carboxylic acids is 1. The molecule has 0 bridgehead atoms. The van der Waals surface area contributed by atoms with Crippen molar-refractivity contribution in [1.29, 1.82) is 0 Å². The molecule has 0 amide bonds. The fourth-order valence-electron chi connectivity index (χ4n) is 3.12. The number of carbonyl (C=O) groups is 1. The molecule has 0 unspecified atom stereocenters. The Kier molecular flexibility index (Phi) is 5.91. The third-order valence-electron chi connectivity index (χ3n) is 4.55. The number of piperidine rings is 1. The molecule has 2 heterocycles. The molecule has 2 aromatic rings. The first-order chi connectivity index (χ1) is 12.1. The molecular weight excluding hydrogens is 384 g/mol. The Bertz CT molecular complexity index is 736. The van der Waals surface area contributed by atoms with Crippen LogP contribution in [0.1, 0.15) is 31.2 Å². The molecule has 1 aromatic carbocycles. The summed E-state index contributed by atoms with van der Waals surface area (Å²) in [5.74, 6) is 1.47. The van der Waals surface area contributed by atoms with Crippen LogP contribution in [-0.2, 0) is 16.1 Å². The van der Waals surface area contributed by atoms with Crippen LogP contribution in [0, 0.1) is 12.8 Å². The first-order valence-corrected chi connectivity index (χ1v) is 9.47. The summed E-state index contributed by atoms with van der Waals surface area (Å²) >= 11 is 3.48. The van der Waals surface area contributed by atoms with E-state index >= 15 is 0 Å². The van der Waals surface area contributed by atoms with E-state index in [1.165, 1.54) is 0 Å². The number of nitrogens with zero attached hydrogens (tertiary/aromatic N) is 2. The maximum absolute atomic E-state index is 11.8. The molecule has 5 nitrogen and oxygen atoms in total. The monoisotopic (exact) mass is 406 g/mol. The van der Waals surface area contributed by atoms with Crippen LogP contribution in [0.3, 0.4) is 0 Å². The zero-order valence-electron chi connectivity index (χ0n) is 14.6. The van der Waals surface area contributed by atoms with Gasteiger partial charge in [-0.15, -0.1) is 0 Å². The topological polar surface area (TPSA) is 55.6 Å². The van der Waals surface area contributed by atoms with Crippen molar-refractivity contribution in [3.8, 4) is 11.5 Å². The van der Waals surface area contributed by atoms with Crippen molar-refractivity contribution >= 4 is 21.9 Å². The molecule has 1 fully saturated rings. The molecule has 0 saturated carbocycles. The average Bonchev–Trinajstić information content (AvgIpc) is 2.96. The summed E-state index contributed by atoms with van der Waals surface area (Å²) in [6, 6.07) is 7.94. The lowest BCUT2D eigenvalue weighted by Gasteiger charge is -2.30. The molecule has 0 radical (unpaired) electrons. The first-order valence-electron chi connectivity index (χ1n) is 8.68. The molecule has 1 aliphatic rings. The Morgan fingerprint density at radius 1 is 1.40 bits per heavy atom. The maximum Gasteiger partial charge on any atom is 0.309 e. The summed E-state index contributed by atoms with van der Waals surface area (Å²) < 4.78 is 12.0. The van der Waals surface area contributed by atoms with Crippen molar-refractivity contribution in [1.82, 2.24) is 9.88 Å². The van der Waals surface area contributed by atoms with Crippen LogP contribution < -0.4 is 0 Å². The number of benzene rings is 1. The molecule has 0 spiro atoms. The number of aromatic nitrogens is 1. The molecule has 3 rings (SSSR count). The minimum Gasteiger partial charge on any atom is -0.466 e. The van der Waals surface area contributed by atoms with Gasteiger partial charge in [0.25, 0.3) is 0 Å². The smallest absolute Gasteiger partial charge is 0.309 e. The molecule has 0 atom stereocenters. The average molecular weight is 407 g/mol. The van der Waals surface area contributed by atoms with Crippen molar-refractivity contribution in [3.63, 3.8) is 0 Å². The van der Waals surface area contributed by atoms with Gasteiger partial charge in [0.2, 0.25) is 5.89 Å². The second-order valence-electron chi connectivity index (χ2n) is 6.33. The van der Waals surface area contributed by atoms with Crippen LogP contribution in [0.15, 0.2) is 33.2 Å². The van der Waals surface area contributed by atoms with E-state index in [0.29, 0.717) is 12.5 Å². The quantitative estimate of drug-likeness (QED) is 0.696. The van der Waals surface area contributed by atoms with Gasteiger partial charge in [-0.05, 0) is 58.0 Å². The number of halogens is 1. The number of oxazole rings is 1. The van der Waals surface area contributed by atoms with Crippen molar-refractivity contribution in [2.24, 2.45) is 5.92 Å². The SMILES string of the molecule is CCOC(=O)C1CCN(Cc2nc(-c3cccc(Br)c3)oc2C)CC1. The highest BCUT2D eigenvalue weighted by Gasteiger charge is 2.26. The Labute approximate surface area is 156 Å². The predicted octanol–water partition coefficient (Wildman–Crippen LogP) is 4.19. The normalized spacial score (nSPS) is 16.1. The van der Waals surface area contributed by atoms with Gasteiger partial charge in [-0.25, -0.2) is 4.98 Å². The summed E-state index contributed by atoms with van der Waals surface area (Å²) in [7, 11) is 0. The van der Waals surface area contributed by atoms with E-state index in [9.17, 15) is 4.79 Å². The van der Waals surface area contributed by atoms with Gasteiger partial charge in [0.05, 0.1) is 18.2 Å². The third kappa shape index (κ3) is 4.50. The number of aryl methyl sites for hydroxylation is 1. The molecule has 25 heavy (non-hydrogen) atoms. The van der Waals surface area contributed by atoms with Gasteiger partial charge in [0.1, 0.15) is 5.76 Å². The number of hydrogen-bond donors (Lipinski definition) is 0. The molecule has 134 valence electrons. The summed E-state index contributed by atoms with van der Waals surface area (Å²) in [5, 5.41) is 0. The predicted molar refractivity (Wildman–Crippen MR) is 99.0 cm³/mol. The van der Waals surface area contributed by atoms with Crippen LogP contribution in [0.5, 0.6) is 0 Å². The van der Waals surface area contributed by atoms with Gasteiger partial charge in [-0.3, -0.25) is 9.69 Å². The van der Waals surface area contributed by atoms with E-state index < -0.39 is 0 Å². The van der Waals surface area contributed by atoms with Crippen LogP contribution in [0.4, 0.5) is 0 Å². The number of rotatable bonds is 5. The number of esters is 1. The zero-order chi connectivity index (χ0) is 17.8. The first kappa shape index (κ1) is 18.1. The number of ether oxygens (including phenoxy) is 1. The van der Waals surface area contributed by atoms with Crippen molar-refractivity contribution in [2.75, 3.05) is 19.7 Å². The molecular formula is C19H23BrN2O3. The second-order valence-corrected chi connectivity index (χ2v) is 7.25. The highest BCUT2D eigenvalue weighted by molar-refractivity contribution is 9.10. The highest BCUT2D eigenvalue weighted by Crippen LogP contribution is 2.26. The van der Waals surface area contributed by atoms with E-state index in [0.717, 1.165) is 54.0 Å². The summed E-state index contributed by atoms with van der Waals surface area (Å²) in [5.41, 5.74) is 1.93. The van der Waals surface area contributed by atoms with Crippen LogP contribution >= 0.6 is 15.9 Å². The Hall–Kier alpha value is -1.66. The van der Waals surface area contributed by atoms with E-state index in [-0.39, 0.29) is 11.9 Å². The van der Waals surface area contributed by atoms with Crippen molar-refractivity contribution in [2.45, 2.75) is 33.2 Å². The summed E-state index contributed by atoms with van der Waals surface area (Å²) in [6.45, 7) is 6.76. The summed E-state index contributed by atoms with van der Waals surface area (Å²) in [4.78, 5) is 18.8. The van der Waals surface area contributed by atoms with Crippen LogP contribution in [0.2, 0.25) is 0 Å². The Balaban J connectivity index is 1.62. The largest absolute Gasteiger partial charge is 0.466 e. The number of hydrogen-bond acceptors (Lipinski definition) is 5. The molecule has 0 N–H and O–H groups in total. The zero-order valence-corrected chi connectivity index (χ0v) is 16.2. The van der Waals surface area contributed by atoms with Crippen molar-refractivity contribution < 1.29 is 13.9 Å². The van der Waals surface area contributed by atoms with Gasteiger partial charge in [0, 0.05) is 16.6 Å². The highest BCUT2D eigenvalue weighted by atomic mass is 79.9. The van der Waals surface area contributed by atoms with Gasteiger partial charge >= 0.3 is 5.97 Å². The van der Waals surface area contributed by atoms with E-state index in [1.54, 1.807) is 0 Å². The van der Waals surface area contributed by atoms with Gasteiger partial charge in [-0.2, -0.15) is 0 Å². The molecule has 1 aliphatic heterocycles. The minimum absolute atomic E-state index is 0.0341. The van der Waals surface area contributed by atoms with Gasteiger partial charge in [-0.1, -0.05) is 22.0 Å². The maximum atomic E-state index is 11.8. The number of likely N-dealkylation sites (tertiary alicyclic amines) is 1. The van der Waals surface area contributed by atoms with Gasteiger partial charge < -0.3 is 9.15 Å². The summed E-state index contributed by atoms with van der Waals surface area (Å²) in [6.07, 6.45) is 1.68. The van der Waals surface area contributed by atoms with E-state index in [2.05, 4.69) is 25.8 Å². The third-order valence-corrected chi connectivity index (χ3v) is 5.04. The van der Waals surface area contributed by atoms with Crippen LogP contribution in [0.25, 0.3) is 11.5 Å². The van der Waals surface area contributed by atoms with E-state index in [4.69, 9.17) is 9.15 Å². The minimum atomic E-state index is -0.0586. The molecule has 1 saturated heterocycles. The Morgan fingerprint density at radius 3 is 2.84 bits per heavy atom.